The van der Waals surface area contributed by atoms with Crippen molar-refractivity contribution in [3.8, 4) is 28.4 Å². The smallest absolute Gasteiger partial charge is 0.270 e. The Kier molecular flexibility index (Phi) is 6.80. The van der Waals surface area contributed by atoms with Gasteiger partial charge in [0.15, 0.2) is 0 Å². The van der Waals surface area contributed by atoms with E-state index in [0.29, 0.717) is 17.2 Å². The number of amides is 1. The first kappa shape index (κ1) is 23.4. The van der Waals surface area contributed by atoms with E-state index in [2.05, 4.69) is 29.4 Å². The van der Waals surface area contributed by atoms with Crippen LogP contribution in [-0.2, 0) is 0 Å². The molecule has 5 aromatic rings. The number of rotatable bonds is 8. The van der Waals surface area contributed by atoms with Crippen molar-refractivity contribution in [2.45, 2.75) is 32.2 Å². The van der Waals surface area contributed by atoms with Crippen LogP contribution in [0, 0.1) is 0 Å². The van der Waals surface area contributed by atoms with Crippen LogP contribution in [-0.4, -0.2) is 21.0 Å². The first-order valence-corrected chi connectivity index (χ1v) is 12.4. The number of aromatic hydroxyl groups is 1. The van der Waals surface area contributed by atoms with Crippen LogP contribution in [0.15, 0.2) is 97.1 Å². The van der Waals surface area contributed by atoms with Gasteiger partial charge in [-0.1, -0.05) is 98.6 Å². The molecule has 1 aromatic heterocycles. The minimum Gasteiger partial charge on any atom is -0.508 e. The number of hydrogen-bond donors (Lipinski definition) is 3. The fourth-order valence-electron chi connectivity index (χ4n) is 4.51. The van der Waals surface area contributed by atoms with E-state index < -0.39 is 0 Å². The fourth-order valence-corrected chi connectivity index (χ4v) is 4.51. The molecule has 1 heterocycles. The second-order valence-electron chi connectivity index (χ2n) is 9.00. The third-order valence-corrected chi connectivity index (χ3v) is 6.43. The van der Waals surface area contributed by atoms with E-state index in [-0.39, 0.29) is 17.7 Å². The zero-order valence-corrected chi connectivity index (χ0v) is 20.2. The largest absolute Gasteiger partial charge is 0.508 e. The molecule has 1 unspecified atom stereocenters. The van der Waals surface area contributed by atoms with Gasteiger partial charge in [-0.25, -0.2) is 4.98 Å². The number of benzene rings is 4. The van der Waals surface area contributed by atoms with Gasteiger partial charge in [0.05, 0.1) is 6.04 Å². The maximum absolute atomic E-state index is 13.7. The van der Waals surface area contributed by atoms with Gasteiger partial charge in [-0.05, 0) is 41.0 Å². The van der Waals surface area contributed by atoms with Crippen molar-refractivity contribution < 1.29 is 9.90 Å². The summed E-state index contributed by atoms with van der Waals surface area (Å²) in [6, 6.07) is 31.0. The highest BCUT2D eigenvalue weighted by Crippen LogP contribution is 2.31. The van der Waals surface area contributed by atoms with Crippen molar-refractivity contribution in [3.63, 3.8) is 0 Å². The second kappa shape index (κ2) is 10.5. The molecule has 5 rings (SSSR count). The van der Waals surface area contributed by atoms with Crippen LogP contribution in [0.4, 0.5) is 0 Å². The SMILES string of the molecule is CCCCC(NC(=O)c1[nH]c(-c2ccccc2)nc1-c1ccc2cc(O)ccc2c1)c1ccccc1. The Morgan fingerprint density at radius 2 is 1.58 bits per heavy atom. The van der Waals surface area contributed by atoms with Crippen molar-refractivity contribution in [1.29, 1.82) is 0 Å². The van der Waals surface area contributed by atoms with Gasteiger partial charge in [-0.3, -0.25) is 4.79 Å². The van der Waals surface area contributed by atoms with E-state index in [1.165, 1.54) is 0 Å². The van der Waals surface area contributed by atoms with Gasteiger partial charge in [-0.15, -0.1) is 0 Å². The molecule has 36 heavy (non-hydrogen) atoms. The summed E-state index contributed by atoms with van der Waals surface area (Å²) >= 11 is 0. The maximum Gasteiger partial charge on any atom is 0.270 e. The summed E-state index contributed by atoms with van der Waals surface area (Å²) in [5.74, 6) is 0.683. The highest BCUT2D eigenvalue weighted by atomic mass is 16.3. The maximum atomic E-state index is 13.7. The standard InChI is InChI=1S/C31H29N3O2/c1-2-3-14-27(21-10-6-4-7-11-21)32-31(36)29-28(33-30(34-29)22-12-8-5-9-13-22)25-16-15-24-20-26(35)18-17-23(24)19-25/h4-13,15-20,27,35H,2-3,14H2,1H3,(H,32,36)(H,33,34). The molecule has 0 bridgehead atoms. The van der Waals surface area contributed by atoms with Gasteiger partial charge in [0, 0.05) is 11.1 Å². The van der Waals surface area contributed by atoms with Crippen molar-refractivity contribution in [2.24, 2.45) is 0 Å². The molecule has 0 radical (unpaired) electrons. The van der Waals surface area contributed by atoms with Crippen molar-refractivity contribution in [2.75, 3.05) is 0 Å². The van der Waals surface area contributed by atoms with Gasteiger partial charge in [0.2, 0.25) is 0 Å². The molecular formula is C31H29N3O2. The quantitative estimate of drug-likeness (QED) is 0.221. The van der Waals surface area contributed by atoms with Gasteiger partial charge in [0.25, 0.3) is 5.91 Å². The number of carbonyl (C=O) groups excluding carboxylic acids is 1. The third kappa shape index (κ3) is 5.01. The monoisotopic (exact) mass is 475 g/mol. The van der Waals surface area contributed by atoms with E-state index >= 15 is 0 Å². The van der Waals surface area contributed by atoms with Crippen molar-refractivity contribution >= 4 is 16.7 Å². The molecular weight excluding hydrogens is 446 g/mol. The van der Waals surface area contributed by atoms with Gasteiger partial charge in [0.1, 0.15) is 23.0 Å². The molecule has 0 spiro atoms. The molecule has 0 aliphatic heterocycles. The predicted octanol–water partition coefficient (Wildman–Crippen LogP) is 7.26. The highest BCUT2D eigenvalue weighted by Gasteiger charge is 2.23. The van der Waals surface area contributed by atoms with E-state index in [4.69, 9.17) is 4.98 Å². The molecule has 0 saturated heterocycles. The number of nitrogens with zero attached hydrogens (tertiary/aromatic N) is 1. The third-order valence-electron chi connectivity index (χ3n) is 6.43. The minimum absolute atomic E-state index is 0.0884. The number of unbranched alkanes of at least 4 members (excludes halogenated alkanes) is 1. The average molecular weight is 476 g/mol. The normalized spacial score (nSPS) is 11.9. The van der Waals surface area contributed by atoms with Crippen LogP contribution >= 0.6 is 0 Å². The number of phenolic OH excluding ortho intramolecular Hbond substituents is 1. The van der Waals surface area contributed by atoms with Gasteiger partial charge >= 0.3 is 0 Å². The molecule has 3 N–H and O–H groups in total. The Labute approximate surface area is 210 Å². The molecule has 5 nitrogen and oxygen atoms in total. The number of nitrogens with one attached hydrogen (secondary N) is 2. The van der Waals surface area contributed by atoms with Crippen LogP contribution in [0.1, 0.15) is 48.3 Å². The molecule has 5 heteroatoms. The molecule has 1 atom stereocenters. The molecule has 4 aromatic carbocycles. The van der Waals surface area contributed by atoms with Crippen LogP contribution in [0.5, 0.6) is 5.75 Å². The molecule has 1 amide bonds. The molecule has 0 saturated carbocycles. The van der Waals surface area contributed by atoms with E-state index in [9.17, 15) is 9.90 Å². The van der Waals surface area contributed by atoms with E-state index in [1.807, 2.05) is 72.8 Å². The Balaban J connectivity index is 1.56. The van der Waals surface area contributed by atoms with Gasteiger partial charge < -0.3 is 15.4 Å². The van der Waals surface area contributed by atoms with Crippen LogP contribution in [0.3, 0.4) is 0 Å². The average Bonchev–Trinajstić information content (AvgIpc) is 3.37. The number of aromatic amines is 1. The van der Waals surface area contributed by atoms with Crippen LogP contribution in [0.25, 0.3) is 33.4 Å². The van der Waals surface area contributed by atoms with Gasteiger partial charge in [-0.2, -0.15) is 0 Å². The zero-order valence-electron chi connectivity index (χ0n) is 20.2. The number of fused-ring (bicyclic) bond motifs is 1. The lowest BCUT2D eigenvalue weighted by atomic mass is 10.0. The lowest BCUT2D eigenvalue weighted by Gasteiger charge is -2.19. The molecule has 180 valence electrons. The summed E-state index contributed by atoms with van der Waals surface area (Å²) < 4.78 is 0. The van der Waals surface area contributed by atoms with Crippen LogP contribution in [0.2, 0.25) is 0 Å². The van der Waals surface area contributed by atoms with Crippen molar-refractivity contribution in [1.82, 2.24) is 15.3 Å². The Morgan fingerprint density at radius 3 is 2.33 bits per heavy atom. The summed E-state index contributed by atoms with van der Waals surface area (Å²) in [6.45, 7) is 2.16. The molecule has 0 fully saturated rings. The lowest BCUT2D eigenvalue weighted by Crippen LogP contribution is -2.29. The first-order chi connectivity index (χ1) is 17.6. The number of aromatic nitrogens is 2. The summed E-state index contributed by atoms with van der Waals surface area (Å²) in [5.41, 5.74) is 3.87. The number of carbonyl (C=O) groups is 1. The summed E-state index contributed by atoms with van der Waals surface area (Å²) in [4.78, 5) is 21.9. The van der Waals surface area contributed by atoms with Crippen molar-refractivity contribution in [3.05, 3.63) is 108 Å². The zero-order chi connectivity index (χ0) is 24.9. The Hall–Kier alpha value is -4.38. The summed E-state index contributed by atoms with van der Waals surface area (Å²) in [7, 11) is 0. The van der Waals surface area contributed by atoms with E-state index in [1.54, 1.807) is 12.1 Å². The topological polar surface area (TPSA) is 78.0 Å². The van der Waals surface area contributed by atoms with Crippen LogP contribution < -0.4 is 5.32 Å². The predicted molar refractivity (Wildman–Crippen MR) is 145 cm³/mol. The number of H-pyrrole nitrogens is 1. The number of imidazole rings is 1. The highest BCUT2D eigenvalue weighted by molar-refractivity contribution is 6.00. The Morgan fingerprint density at radius 1 is 0.889 bits per heavy atom. The minimum atomic E-state index is -0.185. The Bertz CT molecular complexity index is 1480. The second-order valence-corrected chi connectivity index (χ2v) is 9.00. The molecule has 0 aliphatic rings. The number of phenols is 1. The lowest BCUT2D eigenvalue weighted by molar-refractivity contribution is 0.0930. The first-order valence-electron chi connectivity index (χ1n) is 12.4. The number of hydrogen-bond acceptors (Lipinski definition) is 3. The van der Waals surface area contributed by atoms with E-state index in [0.717, 1.165) is 46.7 Å². The molecule has 0 aliphatic carbocycles. The summed E-state index contributed by atoms with van der Waals surface area (Å²) in [6.07, 6.45) is 2.93. The summed E-state index contributed by atoms with van der Waals surface area (Å²) in [5, 5.41) is 15.0. The fraction of sp³-hybridized carbons (Fsp3) is 0.161.